The highest BCUT2D eigenvalue weighted by Crippen LogP contribution is 2.39. The Morgan fingerprint density at radius 2 is 2.29 bits per heavy atom. The van der Waals surface area contributed by atoms with Crippen LogP contribution in [0.4, 0.5) is 0 Å². The van der Waals surface area contributed by atoms with E-state index >= 15 is 0 Å². The summed E-state index contributed by atoms with van der Waals surface area (Å²) in [6.07, 6.45) is 2.46. The van der Waals surface area contributed by atoms with E-state index in [-0.39, 0.29) is 0 Å². The van der Waals surface area contributed by atoms with Gasteiger partial charge in [-0.1, -0.05) is 0 Å². The molecule has 1 aromatic heterocycles. The zero-order valence-corrected chi connectivity index (χ0v) is 9.00. The molecule has 1 saturated carbocycles. The molecule has 14 heavy (non-hydrogen) atoms. The molecule has 0 N–H and O–H groups in total. The molecule has 0 unspecified atom stereocenters. The summed E-state index contributed by atoms with van der Waals surface area (Å²) >= 11 is 5.79. The molecule has 0 aromatic carbocycles. The Balaban J connectivity index is 2.17. The number of nitrogens with zero attached hydrogens (tertiary/aromatic N) is 3. The van der Waals surface area contributed by atoms with Gasteiger partial charge < -0.3 is 9.30 Å². The van der Waals surface area contributed by atoms with Crippen LogP contribution in [-0.4, -0.2) is 28.5 Å². The summed E-state index contributed by atoms with van der Waals surface area (Å²) in [5.74, 6) is 2.96. The van der Waals surface area contributed by atoms with Crippen molar-refractivity contribution >= 4 is 11.6 Å². The summed E-state index contributed by atoms with van der Waals surface area (Å²) < 4.78 is 7.14. The molecule has 1 heterocycles. The van der Waals surface area contributed by atoms with Crippen LogP contribution >= 0.6 is 11.6 Å². The summed E-state index contributed by atoms with van der Waals surface area (Å²) in [6, 6.07) is 0. The van der Waals surface area contributed by atoms with E-state index < -0.39 is 0 Å². The third kappa shape index (κ3) is 1.91. The number of hydrogen-bond acceptors (Lipinski definition) is 3. The molecule has 0 atom stereocenters. The molecule has 0 bridgehead atoms. The number of halogens is 1. The molecule has 1 aliphatic rings. The summed E-state index contributed by atoms with van der Waals surface area (Å²) in [5, 5.41) is 8.25. The minimum atomic E-state index is 0.420. The number of aromatic nitrogens is 3. The van der Waals surface area contributed by atoms with E-state index in [9.17, 15) is 0 Å². The predicted octanol–water partition coefficient (Wildman–Crippen LogP) is 1.54. The van der Waals surface area contributed by atoms with Crippen molar-refractivity contribution in [1.82, 2.24) is 14.8 Å². The molecule has 0 radical (unpaired) electrons. The molecule has 1 fully saturated rings. The first-order valence-corrected chi connectivity index (χ1v) is 5.37. The third-order valence-electron chi connectivity index (χ3n) is 2.44. The van der Waals surface area contributed by atoms with Crippen molar-refractivity contribution in [3.63, 3.8) is 0 Å². The Morgan fingerprint density at radius 3 is 2.86 bits per heavy atom. The van der Waals surface area contributed by atoms with E-state index in [2.05, 4.69) is 14.8 Å². The highest BCUT2D eigenvalue weighted by atomic mass is 35.5. The van der Waals surface area contributed by atoms with Crippen LogP contribution < -0.4 is 0 Å². The van der Waals surface area contributed by atoms with Crippen LogP contribution in [0, 0.1) is 0 Å². The van der Waals surface area contributed by atoms with Crippen LogP contribution in [0.15, 0.2) is 0 Å². The van der Waals surface area contributed by atoms with Gasteiger partial charge in [0, 0.05) is 19.6 Å². The third-order valence-corrected chi connectivity index (χ3v) is 2.68. The minimum Gasteiger partial charge on any atom is -0.383 e. The zero-order valence-electron chi connectivity index (χ0n) is 8.24. The Hall–Kier alpha value is -0.610. The topological polar surface area (TPSA) is 39.9 Å². The maximum atomic E-state index is 5.79. The summed E-state index contributed by atoms with van der Waals surface area (Å²) in [5.41, 5.74) is 0. The average molecular weight is 216 g/mol. The second-order valence-electron chi connectivity index (χ2n) is 3.53. The first-order chi connectivity index (χ1) is 6.86. The lowest BCUT2D eigenvalue weighted by Crippen LogP contribution is -2.10. The highest BCUT2D eigenvalue weighted by molar-refractivity contribution is 6.16. The molecule has 1 aromatic rings. The molecule has 0 aliphatic heterocycles. The second-order valence-corrected chi connectivity index (χ2v) is 3.79. The second kappa shape index (κ2) is 4.28. The number of rotatable bonds is 5. The molecule has 78 valence electrons. The van der Waals surface area contributed by atoms with Crippen LogP contribution in [0.2, 0.25) is 0 Å². The van der Waals surface area contributed by atoms with E-state index in [1.165, 1.54) is 12.8 Å². The molecule has 0 spiro atoms. The fourth-order valence-electron chi connectivity index (χ4n) is 1.52. The molecule has 5 heteroatoms. The monoisotopic (exact) mass is 215 g/mol. The molecular formula is C9H14ClN3O. The smallest absolute Gasteiger partial charge is 0.148 e. The Bertz CT molecular complexity index is 309. The van der Waals surface area contributed by atoms with E-state index in [0.717, 1.165) is 18.2 Å². The van der Waals surface area contributed by atoms with Crippen molar-refractivity contribution in [1.29, 1.82) is 0 Å². The molecule has 1 aliphatic carbocycles. The van der Waals surface area contributed by atoms with Gasteiger partial charge in [0.15, 0.2) is 0 Å². The fourth-order valence-corrected chi connectivity index (χ4v) is 1.72. The van der Waals surface area contributed by atoms with Crippen LogP contribution in [0.5, 0.6) is 0 Å². The number of hydrogen-bond donors (Lipinski definition) is 0. The average Bonchev–Trinajstić information content (AvgIpc) is 2.96. The Kier molecular flexibility index (Phi) is 3.03. The normalized spacial score (nSPS) is 16.1. The molecule has 0 saturated heterocycles. The first kappa shape index (κ1) is 9.93. The number of alkyl halides is 1. The molecule has 0 amide bonds. The zero-order chi connectivity index (χ0) is 9.97. The summed E-state index contributed by atoms with van der Waals surface area (Å²) in [6.45, 7) is 1.49. The summed E-state index contributed by atoms with van der Waals surface area (Å²) in [7, 11) is 1.70. The van der Waals surface area contributed by atoms with E-state index in [0.29, 0.717) is 18.4 Å². The van der Waals surface area contributed by atoms with Gasteiger partial charge >= 0.3 is 0 Å². The molecular weight excluding hydrogens is 202 g/mol. The lowest BCUT2D eigenvalue weighted by Gasteiger charge is -2.07. The number of methoxy groups -OCH3 is 1. The first-order valence-electron chi connectivity index (χ1n) is 4.83. The van der Waals surface area contributed by atoms with E-state index in [1.54, 1.807) is 7.11 Å². The Labute approximate surface area is 88.2 Å². The maximum absolute atomic E-state index is 5.79. The van der Waals surface area contributed by atoms with Crippen molar-refractivity contribution in [3.8, 4) is 0 Å². The number of ether oxygens (including phenoxy) is 1. The lowest BCUT2D eigenvalue weighted by atomic mass is 10.4. The van der Waals surface area contributed by atoms with Crippen molar-refractivity contribution in [2.24, 2.45) is 0 Å². The van der Waals surface area contributed by atoms with Crippen LogP contribution in [0.25, 0.3) is 0 Å². The van der Waals surface area contributed by atoms with Gasteiger partial charge in [0.2, 0.25) is 0 Å². The minimum absolute atomic E-state index is 0.420. The fraction of sp³-hybridized carbons (Fsp3) is 0.778. The van der Waals surface area contributed by atoms with Gasteiger partial charge in [-0.3, -0.25) is 0 Å². The quantitative estimate of drug-likeness (QED) is 0.700. The van der Waals surface area contributed by atoms with Crippen molar-refractivity contribution in [2.45, 2.75) is 31.2 Å². The molecule has 2 rings (SSSR count). The Morgan fingerprint density at radius 1 is 1.50 bits per heavy atom. The predicted molar refractivity (Wildman–Crippen MR) is 53.4 cm³/mol. The van der Waals surface area contributed by atoms with E-state index in [1.807, 2.05) is 0 Å². The standard InChI is InChI=1S/C9H14ClN3O/c1-14-5-4-13-8(6-10)11-12-9(13)7-2-3-7/h7H,2-6H2,1H3. The highest BCUT2D eigenvalue weighted by Gasteiger charge is 2.29. The van der Waals surface area contributed by atoms with Gasteiger partial charge in [0.1, 0.15) is 11.6 Å². The molecule has 4 nitrogen and oxygen atoms in total. The van der Waals surface area contributed by atoms with Crippen LogP contribution in [-0.2, 0) is 17.2 Å². The van der Waals surface area contributed by atoms with Gasteiger partial charge in [-0.25, -0.2) is 0 Å². The van der Waals surface area contributed by atoms with Crippen molar-refractivity contribution in [2.75, 3.05) is 13.7 Å². The SMILES string of the molecule is COCCn1c(CCl)nnc1C1CC1. The largest absolute Gasteiger partial charge is 0.383 e. The van der Waals surface area contributed by atoms with Gasteiger partial charge in [-0.05, 0) is 12.8 Å². The van der Waals surface area contributed by atoms with Crippen molar-refractivity contribution < 1.29 is 4.74 Å². The summed E-state index contributed by atoms with van der Waals surface area (Å²) in [4.78, 5) is 0. The lowest BCUT2D eigenvalue weighted by molar-refractivity contribution is 0.185. The van der Waals surface area contributed by atoms with Gasteiger partial charge in [-0.15, -0.1) is 21.8 Å². The van der Waals surface area contributed by atoms with E-state index in [4.69, 9.17) is 16.3 Å². The van der Waals surface area contributed by atoms with Gasteiger partial charge in [0.05, 0.1) is 12.5 Å². The maximum Gasteiger partial charge on any atom is 0.148 e. The van der Waals surface area contributed by atoms with Crippen molar-refractivity contribution in [3.05, 3.63) is 11.6 Å². The van der Waals surface area contributed by atoms with Crippen LogP contribution in [0.1, 0.15) is 30.4 Å². The van der Waals surface area contributed by atoms with Gasteiger partial charge in [0.25, 0.3) is 0 Å². The van der Waals surface area contributed by atoms with Gasteiger partial charge in [-0.2, -0.15) is 0 Å². The van der Waals surface area contributed by atoms with Crippen LogP contribution in [0.3, 0.4) is 0 Å².